The molecule has 0 spiro atoms. The zero-order chi connectivity index (χ0) is 16.9. The number of rotatable bonds is 5. The number of hydrogen-bond donors (Lipinski definition) is 1. The van der Waals surface area contributed by atoms with Gasteiger partial charge in [0.1, 0.15) is 0 Å². The second kappa shape index (κ2) is 7.27. The normalized spacial score (nSPS) is 10.7. The number of nitrogens with zero attached hydrogens (tertiary/aromatic N) is 2. The van der Waals surface area contributed by atoms with Crippen molar-refractivity contribution >= 4 is 34.1 Å². The minimum atomic E-state index is -0.134. The first-order valence-corrected chi connectivity index (χ1v) is 8.01. The maximum absolute atomic E-state index is 12.3. The number of aryl methyl sites for hydroxylation is 1. The van der Waals surface area contributed by atoms with Gasteiger partial charge in [-0.3, -0.25) is 14.2 Å². The molecule has 6 heteroatoms. The van der Waals surface area contributed by atoms with Crippen LogP contribution in [-0.2, 0) is 11.3 Å². The molecule has 0 radical (unpaired) electrons. The first-order chi connectivity index (χ1) is 11.6. The lowest BCUT2D eigenvalue weighted by molar-refractivity contribution is -0.116. The fourth-order valence-corrected chi connectivity index (χ4v) is 2.63. The van der Waals surface area contributed by atoms with Gasteiger partial charge >= 0.3 is 0 Å². The summed E-state index contributed by atoms with van der Waals surface area (Å²) in [5.41, 5.74) is 1.18. The van der Waals surface area contributed by atoms with Crippen molar-refractivity contribution in [3.8, 4) is 0 Å². The largest absolute Gasteiger partial charge is 0.325 e. The maximum atomic E-state index is 12.3. The highest BCUT2D eigenvalue weighted by Crippen LogP contribution is 2.20. The van der Waals surface area contributed by atoms with Crippen LogP contribution in [-0.4, -0.2) is 15.5 Å². The van der Waals surface area contributed by atoms with E-state index in [1.807, 2.05) is 18.2 Å². The van der Waals surface area contributed by atoms with Crippen LogP contribution in [0.5, 0.6) is 0 Å². The minimum absolute atomic E-state index is 0.0906. The van der Waals surface area contributed by atoms with Gasteiger partial charge in [-0.2, -0.15) is 0 Å². The molecule has 0 saturated carbocycles. The lowest BCUT2D eigenvalue weighted by Crippen LogP contribution is -2.21. The van der Waals surface area contributed by atoms with Crippen LogP contribution in [0.3, 0.4) is 0 Å². The van der Waals surface area contributed by atoms with Gasteiger partial charge in [0.05, 0.1) is 27.9 Å². The van der Waals surface area contributed by atoms with E-state index < -0.39 is 0 Å². The minimum Gasteiger partial charge on any atom is -0.325 e. The summed E-state index contributed by atoms with van der Waals surface area (Å²) in [6.07, 6.45) is 2.36. The number of hydrogen-bond acceptors (Lipinski definition) is 3. The first-order valence-electron chi connectivity index (χ1n) is 7.64. The number of carbonyl (C=O) groups is 1. The number of amides is 1. The van der Waals surface area contributed by atoms with Crippen molar-refractivity contribution in [3.63, 3.8) is 0 Å². The topological polar surface area (TPSA) is 64.0 Å². The summed E-state index contributed by atoms with van der Waals surface area (Å²) in [5.74, 6) is -0.134. The summed E-state index contributed by atoms with van der Waals surface area (Å²) in [5, 5.41) is 3.85. The molecule has 3 rings (SSSR count). The highest BCUT2D eigenvalue weighted by molar-refractivity contribution is 6.33. The van der Waals surface area contributed by atoms with Gasteiger partial charge in [0.2, 0.25) is 5.91 Å². The van der Waals surface area contributed by atoms with E-state index >= 15 is 0 Å². The van der Waals surface area contributed by atoms with Gasteiger partial charge in [-0.05, 0) is 30.7 Å². The standard InChI is InChI=1S/C18H16ClN3O2/c19-14-7-2-4-9-16(14)21-17(23)10-5-11-22-12-20-15-8-3-1-6-13(15)18(22)24/h1-4,6-9,12H,5,10-11H2,(H,21,23). The van der Waals surface area contributed by atoms with Crippen LogP contribution in [0.4, 0.5) is 5.69 Å². The number of anilines is 1. The van der Waals surface area contributed by atoms with Crippen molar-refractivity contribution < 1.29 is 4.79 Å². The molecule has 0 saturated heterocycles. The van der Waals surface area contributed by atoms with Crippen molar-refractivity contribution in [1.29, 1.82) is 0 Å². The highest BCUT2D eigenvalue weighted by Gasteiger charge is 2.07. The Hall–Kier alpha value is -2.66. The van der Waals surface area contributed by atoms with E-state index in [4.69, 9.17) is 11.6 Å². The van der Waals surface area contributed by atoms with Crippen LogP contribution in [0.15, 0.2) is 59.7 Å². The quantitative estimate of drug-likeness (QED) is 0.772. The van der Waals surface area contributed by atoms with E-state index in [0.717, 1.165) is 0 Å². The number of aromatic nitrogens is 2. The lowest BCUT2D eigenvalue weighted by Gasteiger charge is -2.08. The van der Waals surface area contributed by atoms with E-state index in [1.54, 1.807) is 30.3 Å². The molecule has 0 bridgehead atoms. The average molecular weight is 342 g/mol. The molecule has 1 aromatic heterocycles. The van der Waals surface area contributed by atoms with Gasteiger partial charge in [-0.25, -0.2) is 4.98 Å². The van der Waals surface area contributed by atoms with E-state index in [2.05, 4.69) is 10.3 Å². The van der Waals surface area contributed by atoms with E-state index in [9.17, 15) is 9.59 Å². The van der Waals surface area contributed by atoms with Crippen LogP contribution in [0.2, 0.25) is 5.02 Å². The lowest BCUT2D eigenvalue weighted by atomic mass is 10.2. The smallest absolute Gasteiger partial charge is 0.261 e. The predicted octanol–water partition coefficient (Wildman–Crippen LogP) is 3.47. The Morgan fingerprint density at radius 2 is 1.88 bits per heavy atom. The Labute approximate surface area is 143 Å². The number of fused-ring (bicyclic) bond motifs is 1. The molecule has 0 unspecified atom stereocenters. The monoisotopic (exact) mass is 341 g/mol. The van der Waals surface area contributed by atoms with Crippen LogP contribution in [0.1, 0.15) is 12.8 Å². The van der Waals surface area contributed by atoms with Crippen molar-refractivity contribution in [2.75, 3.05) is 5.32 Å². The summed E-state index contributed by atoms with van der Waals surface area (Å²) in [6, 6.07) is 14.3. The second-order valence-corrected chi connectivity index (χ2v) is 5.80. The van der Waals surface area contributed by atoms with Gasteiger partial charge in [0.25, 0.3) is 5.56 Å². The number of carbonyl (C=O) groups excluding carboxylic acids is 1. The summed E-state index contributed by atoms with van der Waals surface area (Å²) in [6.45, 7) is 0.437. The van der Waals surface area contributed by atoms with Crippen molar-refractivity contribution in [1.82, 2.24) is 9.55 Å². The van der Waals surface area contributed by atoms with E-state index in [1.165, 1.54) is 10.9 Å². The number of benzene rings is 2. The van der Waals surface area contributed by atoms with E-state index in [0.29, 0.717) is 41.0 Å². The summed E-state index contributed by atoms with van der Waals surface area (Å²) >= 11 is 6.01. The van der Waals surface area contributed by atoms with Gasteiger partial charge in [0.15, 0.2) is 0 Å². The molecular weight excluding hydrogens is 326 g/mol. The Balaban J connectivity index is 1.60. The van der Waals surface area contributed by atoms with Gasteiger partial charge in [-0.1, -0.05) is 35.9 Å². The highest BCUT2D eigenvalue weighted by atomic mass is 35.5. The fraction of sp³-hybridized carbons (Fsp3) is 0.167. The van der Waals surface area contributed by atoms with Gasteiger partial charge in [0, 0.05) is 13.0 Å². The summed E-state index contributed by atoms with van der Waals surface area (Å²) in [4.78, 5) is 28.6. The third-order valence-electron chi connectivity index (χ3n) is 3.68. The van der Waals surface area contributed by atoms with Gasteiger partial charge in [-0.15, -0.1) is 0 Å². The van der Waals surface area contributed by atoms with Crippen LogP contribution in [0.25, 0.3) is 10.9 Å². The Bertz CT molecular complexity index is 937. The van der Waals surface area contributed by atoms with Crippen molar-refractivity contribution in [3.05, 3.63) is 70.2 Å². The summed E-state index contributed by atoms with van der Waals surface area (Å²) in [7, 11) is 0. The molecule has 122 valence electrons. The van der Waals surface area contributed by atoms with Crippen molar-refractivity contribution in [2.24, 2.45) is 0 Å². The Morgan fingerprint density at radius 1 is 1.12 bits per heavy atom. The van der Waals surface area contributed by atoms with Crippen LogP contribution in [0, 0.1) is 0 Å². The molecule has 0 fully saturated rings. The summed E-state index contributed by atoms with van der Waals surface area (Å²) < 4.78 is 1.53. The Kier molecular flexibility index (Phi) is 4.91. The molecule has 5 nitrogen and oxygen atoms in total. The molecule has 1 N–H and O–H groups in total. The molecule has 0 aliphatic rings. The molecule has 24 heavy (non-hydrogen) atoms. The predicted molar refractivity (Wildman–Crippen MR) is 95.3 cm³/mol. The zero-order valence-corrected chi connectivity index (χ0v) is 13.7. The average Bonchev–Trinajstić information content (AvgIpc) is 2.59. The molecule has 0 atom stereocenters. The maximum Gasteiger partial charge on any atom is 0.261 e. The molecule has 1 heterocycles. The third kappa shape index (κ3) is 3.63. The first kappa shape index (κ1) is 16.2. The molecule has 1 amide bonds. The molecule has 0 aliphatic carbocycles. The number of nitrogens with one attached hydrogen (secondary N) is 1. The fourth-order valence-electron chi connectivity index (χ4n) is 2.45. The zero-order valence-electron chi connectivity index (χ0n) is 12.9. The number of para-hydroxylation sites is 2. The van der Waals surface area contributed by atoms with Crippen molar-refractivity contribution in [2.45, 2.75) is 19.4 Å². The van der Waals surface area contributed by atoms with Gasteiger partial charge < -0.3 is 5.32 Å². The van der Waals surface area contributed by atoms with Crippen LogP contribution < -0.4 is 10.9 Å². The molecule has 0 aliphatic heterocycles. The van der Waals surface area contributed by atoms with Crippen LogP contribution >= 0.6 is 11.6 Å². The second-order valence-electron chi connectivity index (χ2n) is 5.39. The Morgan fingerprint density at radius 3 is 2.71 bits per heavy atom. The number of halogens is 1. The molecule has 3 aromatic rings. The molecular formula is C18H16ClN3O2. The van der Waals surface area contributed by atoms with E-state index in [-0.39, 0.29) is 11.5 Å². The SMILES string of the molecule is O=C(CCCn1cnc2ccccc2c1=O)Nc1ccccc1Cl. The third-order valence-corrected chi connectivity index (χ3v) is 4.01. The molecule has 2 aromatic carbocycles.